The predicted octanol–water partition coefficient (Wildman–Crippen LogP) is 3.23. The van der Waals surface area contributed by atoms with Gasteiger partial charge in [-0.05, 0) is 56.8 Å². The van der Waals surface area contributed by atoms with Gasteiger partial charge in [0, 0.05) is 44.2 Å². The number of ether oxygens (including phenoxy) is 1. The summed E-state index contributed by atoms with van der Waals surface area (Å²) in [6.45, 7) is 4.62. The number of nitriles is 1. The molecule has 35 heavy (non-hydrogen) atoms. The highest BCUT2D eigenvalue weighted by Gasteiger charge is 2.34. The number of carbonyl (C=O) groups excluding carboxylic acids is 2. The van der Waals surface area contributed by atoms with E-state index < -0.39 is 0 Å². The Hall–Kier alpha value is -2.89. The minimum absolute atomic E-state index is 0.136. The lowest BCUT2D eigenvalue weighted by atomic mass is 9.83. The normalized spacial score (nSPS) is 21.5. The standard InChI is InChI=1S/C27H37N5O3/c1-30(19-28)27(34)22-8-4-5-9-23(22)29-26(33)25-17-21-7-3-6-10-24(21)32(25)18-20-11-13-31(14-12-20)15-16-35-2/h3,6-7,10,17,20,22-23H,4-5,8-9,11-16,18H2,1-2H3,(H,29,33). The van der Waals surface area contributed by atoms with E-state index in [0.29, 0.717) is 18.0 Å². The molecule has 4 rings (SSSR count). The van der Waals surface area contributed by atoms with Gasteiger partial charge < -0.3 is 19.5 Å². The van der Waals surface area contributed by atoms with E-state index in [2.05, 4.69) is 20.9 Å². The van der Waals surface area contributed by atoms with Crippen LogP contribution >= 0.6 is 0 Å². The molecular formula is C27H37N5O3. The summed E-state index contributed by atoms with van der Waals surface area (Å²) >= 11 is 0. The first-order valence-electron chi connectivity index (χ1n) is 12.8. The van der Waals surface area contributed by atoms with Crippen LogP contribution < -0.4 is 5.32 Å². The molecular weight excluding hydrogens is 442 g/mol. The SMILES string of the molecule is COCCN1CCC(Cn2c(C(=O)NC3CCCCC3C(=O)N(C)C#N)cc3ccccc32)CC1. The molecule has 1 aromatic heterocycles. The summed E-state index contributed by atoms with van der Waals surface area (Å²) < 4.78 is 7.39. The Bertz CT molecular complexity index is 1070. The average Bonchev–Trinajstić information content (AvgIpc) is 3.26. The summed E-state index contributed by atoms with van der Waals surface area (Å²) in [6, 6.07) is 9.85. The lowest BCUT2D eigenvalue weighted by molar-refractivity contribution is -0.133. The van der Waals surface area contributed by atoms with Crippen LogP contribution in [0.1, 0.15) is 49.0 Å². The second-order valence-corrected chi connectivity index (χ2v) is 9.94. The van der Waals surface area contributed by atoms with Crippen molar-refractivity contribution in [3.8, 4) is 6.19 Å². The number of para-hydroxylation sites is 1. The number of nitrogens with zero attached hydrogens (tertiary/aromatic N) is 4. The first-order chi connectivity index (χ1) is 17.0. The Morgan fingerprint density at radius 3 is 2.66 bits per heavy atom. The van der Waals surface area contributed by atoms with Crippen LogP contribution in [0.25, 0.3) is 10.9 Å². The van der Waals surface area contributed by atoms with Gasteiger partial charge >= 0.3 is 0 Å². The molecule has 8 heteroatoms. The van der Waals surface area contributed by atoms with Crippen LogP contribution in [-0.4, -0.2) is 72.6 Å². The van der Waals surface area contributed by atoms with Gasteiger partial charge in [-0.1, -0.05) is 31.0 Å². The Morgan fingerprint density at radius 2 is 1.91 bits per heavy atom. The van der Waals surface area contributed by atoms with Crippen molar-refractivity contribution in [1.29, 1.82) is 5.26 Å². The molecule has 2 aromatic rings. The van der Waals surface area contributed by atoms with Gasteiger partial charge in [0.15, 0.2) is 6.19 Å². The summed E-state index contributed by atoms with van der Waals surface area (Å²) in [4.78, 5) is 29.9. The number of carbonyl (C=O) groups is 2. The number of methoxy groups -OCH3 is 1. The molecule has 0 bridgehead atoms. The third-order valence-electron chi connectivity index (χ3n) is 7.68. The maximum absolute atomic E-state index is 13.6. The number of aromatic nitrogens is 1. The minimum atomic E-state index is -0.355. The van der Waals surface area contributed by atoms with Gasteiger partial charge in [0.1, 0.15) is 5.69 Å². The van der Waals surface area contributed by atoms with Crippen molar-refractivity contribution in [1.82, 2.24) is 19.7 Å². The highest BCUT2D eigenvalue weighted by atomic mass is 16.5. The maximum atomic E-state index is 13.6. The second-order valence-electron chi connectivity index (χ2n) is 9.94. The van der Waals surface area contributed by atoms with E-state index in [4.69, 9.17) is 10.00 Å². The molecule has 188 valence electrons. The van der Waals surface area contributed by atoms with Crippen molar-refractivity contribution in [3.05, 3.63) is 36.0 Å². The zero-order chi connectivity index (χ0) is 24.8. The van der Waals surface area contributed by atoms with E-state index in [1.54, 1.807) is 7.11 Å². The van der Waals surface area contributed by atoms with Crippen molar-refractivity contribution in [2.45, 2.75) is 51.1 Å². The quantitative estimate of drug-likeness (QED) is 0.464. The number of piperidine rings is 1. The van der Waals surface area contributed by atoms with E-state index in [-0.39, 0.29) is 23.8 Å². The minimum Gasteiger partial charge on any atom is -0.383 e. The van der Waals surface area contributed by atoms with Gasteiger partial charge in [0.25, 0.3) is 5.91 Å². The molecule has 8 nitrogen and oxygen atoms in total. The highest BCUT2D eigenvalue weighted by Crippen LogP contribution is 2.28. The number of amides is 2. The van der Waals surface area contributed by atoms with Crippen LogP contribution in [0.3, 0.4) is 0 Å². The monoisotopic (exact) mass is 479 g/mol. The highest BCUT2D eigenvalue weighted by molar-refractivity contribution is 5.99. The lowest BCUT2D eigenvalue weighted by Gasteiger charge is -2.33. The van der Waals surface area contributed by atoms with E-state index in [1.165, 1.54) is 7.05 Å². The van der Waals surface area contributed by atoms with Crippen LogP contribution in [-0.2, 0) is 16.1 Å². The lowest BCUT2D eigenvalue weighted by Crippen LogP contribution is -2.48. The summed E-state index contributed by atoms with van der Waals surface area (Å²) in [5.74, 6) is -0.197. The number of hydrogen-bond acceptors (Lipinski definition) is 5. The zero-order valence-electron chi connectivity index (χ0n) is 20.9. The summed E-state index contributed by atoms with van der Waals surface area (Å²) in [5.41, 5.74) is 1.72. The van der Waals surface area contributed by atoms with E-state index in [1.807, 2.05) is 30.5 Å². The smallest absolute Gasteiger partial charge is 0.268 e. The van der Waals surface area contributed by atoms with Crippen molar-refractivity contribution < 1.29 is 14.3 Å². The van der Waals surface area contributed by atoms with Crippen molar-refractivity contribution in [3.63, 3.8) is 0 Å². The van der Waals surface area contributed by atoms with Gasteiger partial charge in [-0.25, -0.2) is 0 Å². The molecule has 1 saturated carbocycles. The van der Waals surface area contributed by atoms with Gasteiger partial charge in [0.05, 0.1) is 12.5 Å². The topological polar surface area (TPSA) is 90.6 Å². The molecule has 2 fully saturated rings. The molecule has 2 atom stereocenters. The van der Waals surface area contributed by atoms with Crippen LogP contribution in [0.15, 0.2) is 30.3 Å². The van der Waals surface area contributed by atoms with E-state index in [9.17, 15) is 9.59 Å². The molecule has 2 aliphatic rings. The van der Waals surface area contributed by atoms with Gasteiger partial charge in [-0.2, -0.15) is 5.26 Å². The fraction of sp³-hybridized carbons (Fsp3) is 0.593. The molecule has 1 saturated heterocycles. The van der Waals surface area contributed by atoms with E-state index >= 15 is 0 Å². The molecule has 0 spiro atoms. The number of nitrogens with one attached hydrogen (secondary N) is 1. The Balaban J connectivity index is 1.51. The Kier molecular flexibility index (Phi) is 8.42. The van der Waals surface area contributed by atoms with Gasteiger partial charge in [-0.15, -0.1) is 0 Å². The average molecular weight is 480 g/mol. The summed E-state index contributed by atoms with van der Waals surface area (Å²) in [7, 11) is 3.23. The fourth-order valence-electron chi connectivity index (χ4n) is 5.61. The summed E-state index contributed by atoms with van der Waals surface area (Å²) in [5, 5.41) is 13.4. The van der Waals surface area contributed by atoms with E-state index in [0.717, 1.165) is 80.7 Å². The number of fused-ring (bicyclic) bond motifs is 1. The number of hydrogen-bond donors (Lipinski definition) is 1. The zero-order valence-corrected chi connectivity index (χ0v) is 20.9. The van der Waals surface area contributed by atoms with Crippen LogP contribution in [0.5, 0.6) is 0 Å². The van der Waals surface area contributed by atoms with Gasteiger partial charge in [-0.3, -0.25) is 14.5 Å². The largest absolute Gasteiger partial charge is 0.383 e. The first kappa shape index (κ1) is 25.2. The molecule has 2 heterocycles. The van der Waals surface area contributed by atoms with Gasteiger partial charge in [0.2, 0.25) is 5.91 Å². The molecule has 2 unspecified atom stereocenters. The van der Waals surface area contributed by atoms with Crippen molar-refractivity contribution >= 4 is 22.7 Å². The third-order valence-corrected chi connectivity index (χ3v) is 7.68. The number of rotatable bonds is 8. The molecule has 1 aliphatic carbocycles. The second kappa shape index (κ2) is 11.7. The molecule has 1 aromatic carbocycles. The first-order valence-corrected chi connectivity index (χ1v) is 12.8. The van der Waals surface area contributed by atoms with Crippen LogP contribution in [0, 0.1) is 23.3 Å². The molecule has 1 N–H and O–H groups in total. The Morgan fingerprint density at radius 1 is 1.17 bits per heavy atom. The molecule has 0 radical (unpaired) electrons. The third kappa shape index (κ3) is 5.85. The molecule has 1 aliphatic heterocycles. The maximum Gasteiger partial charge on any atom is 0.268 e. The number of benzene rings is 1. The fourth-order valence-corrected chi connectivity index (χ4v) is 5.61. The number of likely N-dealkylation sites (tertiary alicyclic amines) is 1. The summed E-state index contributed by atoms with van der Waals surface area (Å²) in [6.07, 6.45) is 7.45. The van der Waals surface area contributed by atoms with Crippen molar-refractivity contribution in [2.75, 3.05) is 40.4 Å². The Labute approximate surface area is 207 Å². The predicted molar refractivity (Wildman–Crippen MR) is 135 cm³/mol. The van der Waals surface area contributed by atoms with Crippen LogP contribution in [0.2, 0.25) is 0 Å². The van der Waals surface area contributed by atoms with Crippen LogP contribution in [0.4, 0.5) is 0 Å². The van der Waals surface area contributed by atoms with Crippen molar-refractivity contribution in [2.24, 2.45) is 11.8 Å². The molecule has 2 amide bonds.